The van der Waals surface area contributed by atoms with Crippen molar-refractivity contribution in [3.05, 3.63) is 50.5 Å². The highest BCUT2D eigenvalue weighted by Crippen LogP contribution is 2.21. The number of hydrogen-bond acceptors (Lipinski definition) is 4. The van der Waals surface area contributed by atoms with Crippen LogP contribution in [0.15, 0.2) is 33.5 Å². The molecule has 2 aromatic rings. The lowest BCUT2D eigenvalue weighted by Crippen LogP contribution is -1.98. The Bertz CT molecular complexity index is 648. The van der Waals surface area contributed by atoms with Crippen LogP contribution in [-0.4, -0.2) is 7.11 Å². The molecule has 1 aromatic carbocycles. The van der Waals surface area contributed by atoms with Gasteiger partial charge in [0.25, 0.3) is 0 Å². The Morgan fingerprint density at radius 3 is 2.94 bits per heavy atom. The molecule has 0 spiro atoms. The van der Waals surface area contributed by atoms with Crippen LogP contribution in [0.3, 0.4) is 0 Å². The van der Waals surface area contributed by atoms with Gasteiger partial charge in [0.1, 0.15) is 16.9 Å². The minimum absolute atomic E-state index is 0.309. The molecule has 5 heteroatoms. The molecule has 0 bridgehead atoms. The summed E-state index contributed by atoms with van der Waals surface area (Å²) in [4.78, 5) is 11.2. The summed E-state index contributed by atoms with van der Waals surface area (Å²) in [6.45, 7) is 0. The van der Waals surface area contributed by atoms with E-state index >= 15 is 0 Å². The maximum atomic E-state index is 11.2. The minimum Gasteiger partial charge on any atom is -0.498 e. The molecule has 1 aromatic heterocycles. The van der Waals surface area contributed by atoms with E-state index in [1.165, 1.54) is 7.11 Å². The molecule has 0 saturated carbocycles. The van der Waals surface area contributed by atoms with Gasteiger partial charge in [-0.2, -0.15) is 0 Å². The SMILES string of the molecule is COc1ccc2c(C#[N+][O-])cc(=O)oc2c1. The van der Waals surface area contributed by atoms with Crippen LogP contribution in [0.25, 0.3) is 16.0 Å². The van der Waals surface area contributed by atoms with Crippen molar-refractivity contribution >= 4 is 11.0 Å². The third-order valence-electron chi connectivity index (χ3n) is 2.12. The highest BCUT2D eigenvalue weighted by Gasteiger charge is 2.08. The van der Waals surface area contributed by atoms with Crippen LogP contribution in [0.5, 0.6) is 5.75 Å². The first-order valence-electron chi connectivity index (χ1n) is 4.45. The molecule has 2 rings (SSSR count). The number of fused-ring (bicyclic) bond motifs is 1. The smallest absolute Gasteiger partial charge is 0.337 e. The van der Waals surface area contributed by atoms with Gasteiger partial charge < -0.3 is 14.4 Å². The van der Waals surface area contributed by atoms with Crippen molar-refractivity contribution in [2.45, 2.75) is 0 Å². The number of rotatable bonds is 1. The fourth-order valence-electron chi connectivity index (χ4n) is 1.41. The van der Waals surface area contributed by atoms with Crippen molar-refractivity contribution < 1.29 is 9.15 Å². The molecular weight excluding hydrogens is 210 g/mol. The fraction of sp³-hybridized carbons (Fsp3) is 0.0909. The van der Waals surface area contributed by atoms with Gasteiger partial charge in [0, 0.05) is 22.5 Å². The largest absolute Gasteiger partial charge is 0.498 e. The highest BCUT2D eigenvalue weighted by molar-refractivity contribution is 5.84. The summed E-state index contributed by atoms with van der Waals surface area (Å²) in [5.74, 6) is 0.562. The van der Waals surface area contributed by atoms with Crippen LogP contribution in [0, 0.1) is 11.3 Å². The lowest BCUT2D eigenvalue weighted by molar-refractivity contribution is 0.414. The van der Waals surface area contributed by atoms with Gasteiger partial charge in [-0.05, 0) is 12.1 Å². The zero-order valence-electron chi connectivity index (χ0n) is 8.39. The summed E-state index contributed by atoms with van der Waals surface area (Å²) in [5.41, 5.74) is 0.0776. The summed E-state index contributed by atoms with van der Waals surface area (Å²) < 4.78 is 9.97. The molecule has 0 N–H and O–H groups in total. The summed E-state index contributed by atoms with van der Waals surface area (Å²) in [6.07, 6.45) is 0. The van der Waals surface area contributed by atoms with Crippen molar-refractivity contribution in [2.24, 2.45) is 0 Å². The second-order valence-electron chi connectivity index (χ2n) is 3.04. The molecular formula is C11H7NO4. The zero-order chi connectivity index (χ0) is 11.5. The number of hydrogen-bond donors (Lipinski definition) is 0. The Labute approximate surface area is 90.3 Å². The van der Waals surface area contributed by atoms with Crippen LogP contribution >= 0.6 is 0 Å². The zero-order valence-corrected chi connectivity index (χ0v) is 8.39. The molecule has 0 aliphatic carbocycles. The van der Waals surface area contributed by atoms with E-state index in [0.29, 0.717) is 22.3 Å². The van der Waals surface area contributed by atoms with Gasteiger partial charge in [-0.15, -0.1) is 0 Å². The van der Waals surface area contributed by atoms with Crippen LogP contribution < -0.4 is 10.4 Å². The second kappa shape index (κ2) is 3.95. The van der Waals surface area contributed by atoms with E-state index in [9.17, 15) is 10.0 Å². The molecule has 5 nitrogen and oxygen atoms in total. The molecule has 0 fully saturated rings. The van der Waals surface area contributed by atoms with Crippen molar-refractivity contribution in [3.63, 3.8) is 0 Å². The van der Waals surface area contributed by atoms with Crippen LogP contribution in [0.4, 0.5) is 0 Å². The van der Waals surface area contributed by atoms with Gasteiger partial charge in [-0.1, -0.05) is 0 Å². The Balaban J connectivity index is 2.81. The van der Waals surface area contributed by atoms with E-state index < -0.39 is 5.63 Å². The van der Waals surface area contributed by atoms with E-state index in [4.69, 9.17) is 9.15 Å². The summed E-state index contributed by atoms with van der Waals surface area (Å²) in [7, 11) is 1.51. The molecule has 1 heterocycles. The minimum atomic E-state index is -0.563. The molecule has 0 radical (unpaired) electrons. The lowest BCUT2D eigenvalue weighted by Gasteiger charge is -2.00. The van der Waals surface area contributed by atoms with Crippen LogP contribution in [-0.2, 0) is 0 Å². The van der Waals surface area contributed by atoms with Gasteiger partial charge in [0.2, 0.25) is 0 Å². The molecule has 0 amide bonds. The molecule has 16 heavy (non-hydrogen) atoms. The topological polar surface area (TPSA) is 66.9 Å². The van der Waals surface area contributed by atoms with Crippen molar-refractivity contribution in [2.75, 3.05) is 7.11 Å². The average Bonchev–Trinajstić information content (AvgIpc) is 2.28. The average molecular weight is 217 g/mol. The molecule has 0 atom stereocenters. The van der Waals surface area contributed by atoms with Gasteiger partial charge in [-0.25, -0.2) is 4.79 Å². The van der Waals surface area contributed by atoms with E-state index in [2.05, 4.69) is 11.1 Å². The Hall–Kier alpha value is -2.48. The number of ether oxygens (including phenoxy) is 1. The van der Waals surface area contributed by atoms with Crippen molar-refractivity contribution in [1.82, 2.24) is 0 Å². The van der Waals surface area contributed by atoms with Gasteiger partial charge in [0.15, 0.2) is 0 Å². The molecule has 0 aliphatic heterocycles. The predicted octanol–water partition coefficient (Wildman–Crippen LogP) is 1.98. The third kappa shape index (κ3) is 1.68. The number of nitrogens with zero attached hydrogens (tertiary/aromatic N) is 1. The van der Waals surface area contributed by atoms with Gasteiger partial charge in [0.05, 0.1) is 7.11 Å². The third-order valence-corrected chi connectivity index (χ3v) is 2.12. The molecule has 0 saturated heterocycles. The Morgan fingerprint density at radius 2 is 2.25 bits per heavy atom. The maximum Gasteiger partial charge on any atom is 0.337 e. The quantitative estimate of drug-likeness (QED) is 0.541. The fourth-order valence-corrected chi connectivity index (χ4v) is 1.41. The number of methoxy groups -OCH3 is 1. The normalized spacial score (nSPS) is 9.56. The predicted molar refractivity (Wildman–Crippen MR) is 58.8 cm³/mol. The van der Waals surface area contributed by atoms with E-state index in [0.717, 1.165) is 6.07 Å². The summed E-state index contributed by atoms with van der Waals surface area (Å²) >= 11 is 0. The highest BCUT2D eigenvalue weighted by atomic mass is 16.5. The lowest BCUT2D eigenvalue weighted by atomic mass is 10.1. The first-order valence-corrected chi connectivity index (χ1v) is 4.45. The Morgan fingerprint density at radius 1 is 1.44 bits per heavy atom. The molecule has 0 aliphatic rings. The molecule has 0 unspecified atom stereocenters. The van der Waals surface area contributed by atoms with Crippen LogP contribution in [0.1, 0.15) is 5.56 Å². The summed E-state index contributed by atoms with van der Waals surface area (Å²) in [5, 5.41) is 13.2. The monoisotopic (exact) mass is 217 g/mol. The van der Waals surface area contributed by atoms with Gasteiger partial charge in [-0.3, -0.25) is 0 Å². The van der Waals surface area contributed by atoms with E-state index in [-0.39, 0.29) is 0 Å². The number of benzene rings is 1. The first kappa shape index (κ1) is 10.1. The summed E-state index contributed by atoms with van der Waals surface area (Å²) in [6, 6.07) is 8.29. The van der Waals surface area contributed by atoms with E-state index in [1.807, 2.05) is 0 Å². The second-order valence-corrected chi connectivity index (χ2v) is 3.04. The maximum absolute atomic E-state index is 11.2. The van der Waals surface area contributed by atoms with Crippen molar-refractivity contribution in [1.29, 1.82) is 0 Å². The first-order chi connectivity index (χ1) is 7.74. The van der Waals surface area contributed by atoms with E-state index in [1.54, 1.807) is 18.2 Å². The molecule has 80 valence electrons. The van der Waals surface area contributed by atoms with Crippen molar-refractivity contribution in [3.8, 4) is 11.8 Å². The van der Waals surface area contributed by atoms with Gasteiger partial charge >= 0.3 is 11.7 Å². The Kier molecular flexibility index (Phi) is 2.48. The van der Waals surface area contributed by atoms with Crippen LogP contribution in [0.2, 0.25) is 0 Å². The standard InChI is InChI=1S/C11H7NO4/c1-15-8-2-3-9-7(6-12-14)4-11(13)16-10(9)5-8/h2-5H,1H3.